The Morgan fingerprint density at radius 2 is 2.10 bits per heavy atom. The minimum atomic E-state index is -0.444. The third-order valence-electron chi connectivity index (χ3n) is 1.51. The Hall–Kier alpha value is -1.22. The second-order valence-electron chi connectivity index (χ2n) is 2.17. The van der Waals surface area contributed by atoms with Gasteiger partial charge in [0, 0.05) is 23.1 Å². The molecule has 2 amide bonds. The average Bonchev–Trinajstić information content (AvgIpc) is 2.38. The maximum Gasteiger partial charge on any atom is 0.310 e. The van der Waals surface area contributed by atoms with Crippen LogP contribution in [0.4, 0.5) is 4.79 Å². The van der Waals surface area contributed by atoms with Gasteiger partial charge in [-0.1, -0.05) is 0 Å². The van der Waals surface area contributed by atoms with Crippen LogP contribution in [0.1, 0.15) is 12.8 Å². The summed E-state index contributed by atoms with van der Waals surface area (Å²) in [4.78, 5) is 14.7. The molecule has 54 valence electrons. The normalized spacial score (nSPS) is 16.6. The van der Waals surface area contributed by atoms with Crippen LogP contribution in [-0.2, 0) is 0 Å². The van der Waals surface area contributed by atoms with E-state index in [0.29, 0.717) is 0 Å². The van der Waals surface area contributed by atoms with Crippen molar-refractivity contribution < 1.29 is 4.79 Å². The molecular weight excluding hydrogens is 132 g/mol. The predicted octanol–water partition coefficient (Wildman–Crippen LogP) is 1.51. The molecule has 1 aliphatic rings. The van der Waals surface area contributed by atoms with E-state index in [-0.39, 0.29) is 0 Å². The second-order valence-corrected chi connectivity index (χ2v) is 2.17. The molecule has 0 radical (unpaired) electrons. The van der Waals surface area contributed by atoms with Crippen molar-refractivity contribution in [2.24, 2.45) is 5.11 Å². The lowest BCUT2D eigenvalue weighted by atomic mass is 10.4. The Balaban J connectivity index is 2.47. The monoisotopic (exact) mass is 140 g/mol. The van der Waals surface area contributed by atoms with Crippen molar-refractivity contribution in [1.29, 1.82) is 0 Å². The van der Waals surface area contributed by atoms with E-state index in [1.54, 1.807) is 4.90 Å². The van der Waals surface area contributed by atoms with E-state index in [2.05, 4.69) is 10.0 Å². The fourth-order valence-corrected chi connectivity index (χ4v) is 1.01. The number of hydrogen-bond donors (Lipinski definition) is 0. The number of hydrogen-bond acceptors (Lipinski definition) is 1. The maximum atomic E-state index is 10.8. The molecule has 0 unspecified atom stereocenters. The number of azide groups is 1. The molecule has 1 fully saturated rings. The summed E-state index contributed by atoms with van der Waals surface area (Å²) >= 11 is 0. The Labute approximate surface area is 58.2 Å². The van der Waals surface area contributed by atoms with Gasteiger partial charge in [-0.15, -0.1) is 0 Å². The molecule has 0 aromatic heterocycles. The number of carbonyl (C=O) groups excluding carboxylic acids is 1. The number of amides is 2. The molecule has 0 bridgehead atoms. The van der Waals surface area contributed by atoms with Crippen molar-refractivity contribution in [2.75, 3.05) is 13.1 Å². The summed E-state index contributed by atoms with van der Waals surface area (Å²) in [6.45, 7) is 1.47. The highest BCUT2D eigenvalue weighted by Gasteiger charge is 2.15. The van der Waals surface area contributed by atoms with E-state index < -0.39 is 6.03 Å². The standard InChI is InChI=1S/C5H8N4O/c6-8-7-5(10)9-3-1-2-4-9/h1-4H2. The number of urea groups is 1. The molecule has 0 spiro atoms. The molecule has 5 heteroatoms. The van der Waals surface area contributed by atoms with E-state index in [1.807, 2.05) is 0 Å². The van der Waals surface area contributed by atoms with Crippen molar-refractivity contribution in [3.8, 4) is 0 Å². The summed E-state index contributed by atoms with van der Waals surface area (Å²) in [5, 5.41) is 2.97. The lowest BCUT2D eigenvalue weighted by Crippen LogP contribution is -2.23. The van der Waals surface area contributed by atoms with Gasteiger partial charge in [-0.3, -0.25) is 4.79 Å². The minimum absolute atomic E-state index is 0.444. The van der Waals surface area contributed by atoms with E-state index >= 15 is 0 Å². The molecule has 1 rings (SSSR count). The molecule has 1 saturated heterocycles. The highest BCUT2D eigenvalue weighted by atomic mass is 16.2. The Bertz CT molecular complexity index is 178. The van der Waals surface area contributed by atoms with Gasteiger partial charge in [-0.05, 0) is 18.4 Å². The summed E-state index contributed by atoms with van der Waals surface area (Å²) < 4.78 is 0. The maximum absolute atomic E-state index is 10.8. The SMILES string of the molecule is [N-]=[N+]=NC(=O)N1CCCC1. The first-order valence-corrected chi connectivity index (χ1v) is 3.18. The summed E-state index contributed by atoms with van der Waals surface area (Å²) in [5.74, 6) is 0. The zero-order valence-electron chi connectivity index (χ0n) is 5.53. The van der Waals surface area contributed by atoms with Crippen LogP contribution in [0.15, 0.2) is 5.11 Å². The minimum Gasteiger partial charge on any atom is -0.337 e. The zero-order chi connectivity index (χ0) is 7.40. The highest BCUT2D eigenvalue weighted by molar-refractivity contribution is 5.75. The number of carbonyl (C=O) groups is 1. The van der Waals surface area contributed by atoms with Gasteiger partial charge < -0.3 is 4.90 Å². The third-order valence-corrected chi connectivity index (χ3v) is 1.51. The summed E-state index contributed by atoms with van der Waals surface area (Å²) in [6.07, 6.45) is 2.04. The molecular formula is C5H8N4O. The molecule has 1 heterocycles. The Kier molecular flexibility index (Phi) is 2.12. The highest BCUT2D eigenvalue weighted by Crippen LogP contribution is 2.08. The third kappa shape index (κ3) is 1.39. The van der Waals surface area contributed by atoms with Crippen LogP contribution < -0.4 is 0 Å². The van der Waals surface area contributed by atoms with E-state index in [9.17, 15) is 4.79 Å². The van der Waals surface area contributed by atoms with Gasteiger partial charge in [0.2, 0.25) is 0 Å². The summed E-state index contributed by atoms with van der Waals surface area (Å²) in [7, 11) is 0. The van der Waals surface area contributed by atoms with Crippen molar-refractivity contribution in [2.45, 2.75) is 12.8 Å². The first kappa shape index (κ1) is 6.89. The van der Waals surface area contributed by atoms with Crippen LogP contribution in [0.5, 0.6) is 0 Å². The molecule has 0 atom stereocenters. The van der Waals surface area contributed by atoms with Crippen molar-refractivity contribution in [3.63, 3.8) is 0 Å². The van der Waals surface area contributed by atoms with Crippen LogP contribution in [0, 0.1) is 0 Å². The first-order valence-electron chi connectivity index (χ1n) is 3.18. The van der Waals surface area contributed by atoms with E-state index in [4.69, 9.17) is 5.53 Å². The first-order chi connectivity index (χ1) is 4.84. The smallest absolute Gasteiger partial charge is 0.310 e. The van der Waals surface area contributed by atoms with E-state index in [1.165, 1.54) is 0 Å². The fourth-order valence-electron chi connectivity index (χ4n) is 1.01. The predicted molar refractivity (Wildman–Crippen MR) is 35.3 cm³/mol. The molecule has 0 aromatic carbocycles. The number of likely N-dealkylation sites (tertiary alicyclic amines) is 1. The number of nitrogens with zero attached hydrogens (tertiary/aromatic N) is 4. The topological polar surface area (TPSA) is 69.1 Å². The quantitative estimate of drug-likeness (QED) is 0.285. The lowest BCUT2D eigenvalue weighted by Gasteiger charge is -2.09. The van der Waals surface area contributed by atoms with Gasteiger partial charge in [0.25, 0.3) is 0 Å². The largest absolute Gasteiger partial charge is 0.337 e. The molecule has 0 N–H and O–H groups in total. The van der Waals surface area contributed by atoms with Gasteiger partial charge in [-0.2, -0.15) is 0 Å². The summed E-state index contributed by atoms with van der Waals surface area (Å²) in [6, 6.07) is -0.444. The number of rotatable bonds is 0. The average molecular weight is 140 g/mol. The molecule has 0 aromatic rings. The Morgan fingerprint density at radius 1 is 1.50 bits per heavy atom. The van der Waals surface area contributed by atoms with Crippen LogP contribution in [0.3, 0.4) is 0 Å². The van der Waals surface area contributed by atoms with Gasteiger partial charge in [0.1, 0.15) is 0 Å². The second kappa shape index (κ2) is 3.08. The zero-order valence-corrected chi connectivity index (χ0v) is 5.53. The van der Waals surface area contributed by atoms with Crippen molar-refractivity contribution in [3.05, 3.63) is 10.4 Å². The van der Waals surface area contributed by atoms with Gasteiger partial charge >= 0.3 is 6.03 Å². The van der Waals surface area contributed by atoms with Crippen LogP contribution in [0.2, 0.25) is 0 Å². The van der Waals surface area contributed by atoms with Crippen molar-refractivity contribution in [1.82, 2.24) is 4.90 Å². The molecule has 1 aliphatic heterocycles. The summed E-state index contributed by atoms with van der Waals surface area (Å²) in [5.41, 5.74) is 7.91. The van der Waals surface area contributed by atoms with Crippen LogP contribution in [0.25, 0.3) is 10.4 Å². The molecule has 0 aliphatic carbocycles. The molecule has 5 nitrogen and oxygen atoms in total. The van der Waals surface area contributed by atoms with Crippen LogP contribution in [-0.4, -0.2) is 24.0 Å². The molecule has 10 heavy (non-hydrogen) atoms. The Morgan fingerprint density at radius 3 is 2.60 bits per heavy atom. The van der Waals surface area contributed by atoms with Gasteiger partial charge in [-0.25, -0.2) is 0 Å². The van der Waals surface area contributed by atoms with Crippen LogP contribution >= 0.6 is 0 Å². The fraction of sp³-hybridized carbons (Fsp3) is 0.800. The van der Waals surface area contributed by atoms with Gasteiger partial charge in [0.15, 0.2) is 0 Å². The van der Waals surface area contributed by atoms with E-state index in [0.717, 1.165) is 25.9 Å². The van der Waals surface area contributed by atoms with Gasteiger partial charge in [0.05, 0.1) is 0 Å². The van der Waals surface area contributed by atoms with Crippen molar-refractivity contribution >= 4 is 6.03 Å². The molecule has 0 saturated carbocycles. The lowest BCUT2D eigenvalue weighted by molar-refractivity contribution is 0.218.